The van der Waals surface area contributed by atoms with Crippen molar-refractivity contribution in [2.45, 2.75) is 45.1 Å². The Kier molecular flexibility index (Phi) is 3.60. The van der Waals surface area contributed by atoms with Crippen molar-refractivity contribution in [2.24, 2.45) is 0 Å². The van der Waals surface area contributed by atoms with Crippen LogP contribution in [0.1, 0.15) is 37.3 Å². The van der Waals surface area contributed by atoms with Gasteiger partial charge in [-0.2, -0.15) is 0 Å². The lowest BCUT2D eigenvalue weighted by molar-refractivity contribution is -0.121. The molecule has 0 aliphatic heterocycles. The molecule has 0 saturated heterocycles. The van der Waals surface area contributed by atoms with Crippen LogP contribution in [-0.4, -0.2) is 11.9 Å². The van der Waals surface area contributed by atoms with Gasteiger partial charge in [-0.05, 0) is 36.8 Å². The van der Waals surface area contributed by atoms with E-state index >= 15 is 0 Å². The van der Waals surface area contributed by atoms with Gasteiger partial charge in [-0.1, -0.05) is 31.2 Å². The first-order valence-electron chi connectivity index (χ1n) is 6.15. The number of nitrogens with one attached hydrogen (secondary N) is 1. The molecule has 86 valence electrons. The molecule has 0 heterocycles. The zero-order chi connectivity index (χ0) is 11.4. The highest BCUT2D eigenvalue weighted by atomic mass is 16.1. The molecule has 0 spiro atoms. The lowest BCUT2D eigenvalue weighted by Crippen LogP contribution is -2.38. The van der Waals surface area contributed by atoms with Gasteiger partial charge < -0.3 is 5.32 Å². The van der Waals surface area contributed by atoms with Crippen LogP contribution in [0.3, 0.4) is 0 Å². The summed E-state index contributed by atoms with van der Waals surface area (Å²) >= 11 is 0. The molecular weight excluding hydrogens is 198 g/mol. The van der Waals surface area contributed by atoms with E-state index in [-0.39, 0.29) is 5.91 Å². The van der Waals surface area contributed by atoms with Gasteiger partial charge in [0.15, 0.2) is 0 Å². The van der Waals surface area contributed by atoms with Gasteiger partial charge in [-0.3, -0.25) is 4.79 Å². The van der Waals surface area contributed by atoms with Crippen LogP contribution in [0.4, 0.5) is 0 Å². The molecule has 0 fully saturated rings. The Bertz CT molecular complexity index is 373. The van der Waals surface area contributed by atoms with Crippen LogP contribution < -0.4 is 5.32 Å². The van der Waals surface area contributed by atoms with Crippen molar-refractivity contribution in [3.8, 4) is 0 Å². The van der Waals surface area contributed by atoms with Crippen molar-refractivity contribution in [1.29, 1.82) is 0 Å². The molecule has 1 aliphatic carbocycles. The number of fused-ring (bicyclic) bond motifs is 1. The van der Waals surface area contributed by atoms with E-state index in [4.69, 9.17) is 0 Å². The molecule has 2 rings (SSSR count). The van der Waals surface area contributed by atoms with Crippen molar-refractivity contribution in [3.05, 3.63) is 35.4 Å². The second-order valence-electron chi connectivity index (χ2n) is 4.53. The number of rotatable bonds is 3. The Labute approximate surface area is 97.1 Å². The monoisotopic (exact) mass is 217 g/mol. The Morgan fingerprint density at radius 1 is 1.38 bits per heavy atom. The second kappa shape index (κ2) is 5.15. The molecule has 0 aromatic heterocycles. The van der Waals surface area contributed by atoms with Crippen LogP contribution >= 0.6 is 0 Å². The standard InChI is InChI=1S/C14H19NO/c1-2-5-14(16)15-13-9-8-11-6-3-4-7-12(11)10-13/h3-4,6-7,13H,2,5,8-10H2,1H3,(H,15,16)/t13-/m1/s1. The third-order valence-electron chi connectivity index (χ3n) is 3.19. The van der Waals surface area contributed by atoms with Crippen molar-refractivity contribution in [3.63, 3.8) is 0 Å². The molecule has 2 nitrogen and oxygen atoms in total. The summed E-state index contributed by atoms with van der Waals surface area (Å²) in [6.07, 6.45) is 4.73. The van der Waals surface area contributed by atoms with E-state index in [1.807, 2.05) is 6.92 Å². The normalized spacial score (nSPS) is 18.9. The number of carbonyl (C=O) groups excluding carboxylic acids is 1. The minimum Gasteiger partial charge on any atom is -0.353 e. The van der Waals surface area contributed by atoms with Gasteiger partial charge in [-0.15, -0.1) is 0 Å². The molecule has 1 amide bonds. The summed E-state index contributed by atoms with van der Waals surface area (Å²) < 4.78 is 0. The van der Waals surface area contributed by atoms with Crippen molar-refractivity contribution in [2.75, 3.05) is 0 Å². The van der Waals surface area contributed by atoms with Crippen molar-refractivity contribution in [1.82, 2.24) is 5.32 Å². The molecule has 1 aromatic rings. The summed E-state index contributed by atoms with van der Waals surface area (Å²) in [5.74, 6) is 0.201. The molecule has 0 saturated carbocycles. The van der Waals surface area contributed by atoms with Crippen LogP contribution in [0.5, 0.6) is 0 Å². The molecule has 1 aliphatic rings. The van der Waals surface area contributed by atoms with E-state index < -0.39 is 0 Å². The van der Waals surface area contributed by atoms with Gasteiger partial charge in [0.1, 0.15) is 0 Å². The maximum atomic E-state index is 11.5. The molecule has 0 radical (unpaired) electrons. The highest BCUT2D eigenvalue weighted by Crippen LogP contribution is 2.20. The number of aryl methyl sites for hydroxylation is 1. The SMILES string of the molecule is CCCC(=O)N[C@@H]1CCc2ccccc2C1. The number of hydrogen-bond donors (Lipinski definition) is 1. The fourth-order valence-corrected chi connectivity index (χ4v) is 2.35. The molecule has 2 heteroatoms. The first kappa shape index (κ1) is 11.2. The van der Waals surface area contributed by atoms with E-state index in [1.54, 1.807) is 0 Å². The summed E-state index contributed by atoms with van der Waals surface area (Å²) in [5.41, 5.74) is 2.85. The quantitative estimate of drug-likeness (QED) is 0.828. The third-order valence-corrected chi connectivity index (χ3v) is 3.19. The van der Waals surface area contributed by atoms with E-state index in [2.05, 4.69) is 29.6 Å². The second-order valence-corrected chi connectivity index (χ2v) is 4.53. The zero-order valence-electron chi connectivity index (χ0n) is 9.83. The van der Waals surface area contributed by atoms with Gasteiger partial charge >= 0.3 is 0 Å². The molecular formula is C14H19NO. The minimum absolute atomic E-state index is 0.201. The summed E-state index contributed by atoms with van der Waals surface area (Å²) in [6, 6.07) is 8.88. The van der Waals surface area contributed by atoms with Gasteiger partial charge in [0.25, 0.3) is 0 Å². The highest BCUT2D eigenvalue weighted by Gasteiger charge is 2.19. The minimum atomic E-state index is 0.201. The third kappa shape index (κ3) is 2.63. The average molecular weight is 217 g/mol. The average Bonchev–Trinajstić information content (AvgIpc) is 2.29. The van der Waals surface area contributed by atoms with Crippen LogP contribution in [0.15, 0.2) is 24.3 Å². The Hall–Kier alpha value is -1.31. The predicted molar refractivity (Wildman–Crippen MR) is 65.3 cm³/mol. The van der Waals surface area contributed by atoms with Gasteiger partial charge in [0.2, 0.25) is 5.91 Å². The maximum Gasteiger partial charge on any atom is 0.220 e. The fourth-order valence-electron chi connectivity index (χ4n) is 2.35. The van der Waals surface area contributed by atoms with Crippen molar-refractivity contribution < 1.29 is 4.79 Å². The largest absolute Gasteiger partial charge is 0.353 e. The summed E-state index contributed by atoms with van der Waals surface area (Å²) in [6.45, 7) is 2.04. The van der Waals surface area contributed by atoms with Crippen LogP contribution in [0.25, 0.3) is 0 Å². The Balaban J connectivity index is 1.95. The first-order chi connectivity index (χ1) is 7.79. The van der Waals surface area contributed by atoms with Crippen LogP contribution in [0, 0.1) is 0 Å². The molecule has 16 heavy (non-hydrogen) atoms. The van der Waals surface area contributed by atoms with Crippen molar-refractivity contribution >= 4 is 5.91 Å². The summed E-state index contributed by atoms with van der Waals surface area (Å²) in [4.78, 5) is 11.5. The van der Waals surface area contributed by atoms with E-state index in [1.165, 1.54) is 11.1 Å². The van der Waals surface area contributed by atoms with Gasteiger partial charge in [-0.25, -0.2) is 0 Å². The zero-order valence-corrected chi connectivity index (χ0v) is 9.83. The molecule has 1 aromatic carbocycles. The van der Waals surface area contributed by atoms with Gasteiger partial charge in [0.05, 0.1) is 0 Å². The lowest BCUT2D eigenvalue weighted by Gasteiger charge is -2.25. The van der Waals surface area contributed by atoms with Gasteiger partial charge in [0, 0.05) is 12.5 Å². The molecule has 0 unspecified atom stereocenters. The topological polar surface area (TPSA) is 29.1 Å². The summed E-state index contributed by atoms with van der Waals surface area (Å²) in [5, 5.41) is 3.12. The Morgan fingerprint density at radius 3 is 2.88 bits per heavy atom. The highest BCUT2D eigenvalue weighted by molar-refractivity contribution is 5.76. The number of carbonyl (C=O) groups is 1. The number of hydrogen-bond acceptors (Lipinski definition) is 1. The first-order valence-corrected chi connectivity index (χ1v) is 6.15. The lowest BCUT2D eigenvalue weighted by atomic mass is 9.88. The Morgan fingerprint density at radius 2 is 2.12 bits per heavy atom. The maximum absolute atomic E-state index is 11.5. The fraction of sp³-hybridized carbons (Fsp3) is 0.500. The molecule has 1 atom stereocenters. The van der Waals surface area contributed by atoms with E-state index in [0.29, 0.717) is 12.5 Å². The molecule has 0 bridgehead atoms. The number of benzene rings is 1. The predicted octanol–water partition coefficient (Wildman–Crippen LogP) is 2.46. The van der Waals surface area contributed by atoms with Crippen LogP contribution in [0.2, 0.25) is 0 Å². The van der Waals surface area contributed by atoms with E-state index in [9.17, 15) is 4.79 Å². The summed E-state index contributed by atoms with van der Waals surface area (Å²) in [7, 11) is 0. The molecule has 1 N–H and O–H groups in total. The smallest absolute Gasteiger partial charge is 0.220 e. The van der Waals surface area contributed by atoms with E-state index in [0.717, 1.165) is 25.7 Å². The van der Waals surface area contributed by atoms with Crippen LogP contribution in [-0.2, 0) is 17.6 Å². The number of amides is 1.